The summed E-state index contributed by atoms with van der Waals surface area (Å²) in [5.41, 5.74) is 5.58. The van der Waals surface area contributed by atoms with Gasteiger partial charge in [-0.25, -0.2) is 0 Å². The van der Waals surface area contributed by atoms with E-state index in [0.717, 1.165) is 17.7 Å². The summed E-state index contributed by atoms with van der Waals surface area (Å²) in [6, 6.07) is 21.0. The molecule has 0 radical (unpaired) electrons. The molecule has 4 nitrogen and oxygen atoms in total. The van der Waals surface area contributed by atoms with Crippen LogP contribution in [0.1, 0.15) is 42.0 Å². The molecule has 1 N–H and O–H groups in total. The SMILES string of the molecule is C#CCOc1c(Cl)cc(C=Nc2ccc([C@@H]3Nc4ccccc4[C@@H]4C=CC[C@@H]43)cc2)cc1OCC. The number of nitrogens with one attached hydrogen (secondary N) is 1. The topological polar surface area (TPSA) is 42.8 Å². The number of hydrogen-bond donors (Lipinski definition) is 1. The maximum atomic E-state index is 6.43. The third-order valence-corrected chi connectivity index (χ3v) is 6.80. The third kappa shape index (κ3) is 4.78. The van der Waals surface area contributed by atoms with Gasteiger partial charge in [-0.1, -0.05) is 60.0 Å². The largest absolute Gasteiger partial charge is 0.490 e. The molecule has 3 atom stereocenters. The average molecular weight is 483 g/mol. The zero-order chi connectivity index (χ0) is 24.2. The van der Waals surface area contributed by atoms with E-state index in [2.05, 4.69) is 76.9 Å². The van der Waals surface area contributed by atoms with E-state index in [1.54, 1.807) is 12.3 Å². The molecule has 5 heteroatoms. The van der Waals surface area contributed by atoms with Gasteiger partial charge >= 0.3 is 0 Å². The van der Waals surface area contributed by atoms with Crippen molar-refractivity contribution < 1.29 is 9.47 Å². The fourth-order valence-electron chi connectivity index (χ4n) is 4.97. The second-order valence-corrected chi connectivity index (χ2v) is 9.08. The van der Waals surface area contributed by atoms with Crippen molar-refractivity contribution in [2.75, 3.05) is 18.5 Å². The minimum absolute atomic E-state index is 0.124. The Morgan fingerprint density at radius 3 is 2.77 bits per heavy atom. The molecule has 1 aliphatic heterocycles. The van der Waals surface area contributed by atoms with E-state index >= 15 is 0 Å². The first-order valence-electron chi connectivity index (χ1n) is 11.9. The summed E-state index contributed by atoms with van der Waals surface area (Å²) in [4.78, 5) is 4.65. The van der Waals surface area contributed by atoms with Crippen LogP contribution in [-0.4, -0.2) is 19.4 Å². The smallest absolute Gasteiger partial charge is 0.181 e. The lowest BCUT2D eigenvalue weighted by atomic mass is 9.77. The summed E-state index contributed by atoms with van der Waals surface area (Å²) in [5, 5.41) is 4.21. The first-order valence-corrected chi connectivity index (χ1v) is 12.2. The summed E-state index contributed by atoms with van der Waals surface area (Å²) >= 11 is 6.43. The minimum atomic E-state index is 0.124. The van der Waals surface area contributed by atoms with E-state index in [9.17, 15) is 0 Å². The molecule has 0 saturated heterocycles. The Morgan fingerprint density at radius 1 is 1.14 bits per heavy atom. The van der Waals surface area contributed by atoms with Crippen LogP contribution in [0.4, 0.5) is 11.4 Å². The van der Waals surface area contributed by atoms with Crippen molar-refractivity contribution in [3.8, 4) is 23.8 Å². The van der Waals surface area contributed by atoms with E-state index in [1.165, 1.54) is 16.8 Å². The number of benzene rings is 3. The van der Waals surface area contributed by atoms with Crippen molar-refractivity contribution in [1.29, 1.82) is 0 Å². The molecule has 1 heterocycles. The highest BCUT2D eigenvalue weighted by Crippen LogP contribution is 2.49. The van der Waals surface area contributed by atoms with Gasteiger partial charge < -0.3 is 14.8 Å². The molecule has 5 rings (SSSR count). The number of fused-ring (bicyclic) bond motifs is 3. The van der Waals surface area contributed by atoms with Gasteiger partial charge in [0, 0.05) is 17.8 Å². The Hall–Kier alpha value is -3.68. The van der Waals surface area contributed by atoms with Gasteiger partial charge in [-0.3, -0.25) is 4.99 Å². The lowest BCUT2D eigenvalue weighted by Crippen LogP contribution is -2.28. The second-order valence-electron chi connectivity index (χ2n) is 8.67. The van der Waals surface area contributed by atoms with Gasteiger partial charge in [-0.05, 0) is 66.3 Å². The maximum absolute atomic E-state index is 6.43. The third-order valence-electron chi connectivity index (χ3n) is 6.52. The number of ether oxygens (including phenoxy) is 2. The van der Waals surface area contributed by atoms with Crippen LogP contribution in [0.15, 0.2) is 77.8 Å². The lowest BCUT2D eigenvalue weighted by Gasteiger charge is -2.37. The van der Waals surface area contributed by atoms with Crippen LogP contribution in [0.5, 0.6) is 11.5 Å². The van der Waals surface area contributed by atoms with E-state index in [1.807, 2.05) is 13.0 Å². The summed E-state index contributed by atoms with van der Waals surface area (Å²) in [5.74, 6) is 4.44. The van der Waals surface area contributed by atoms with E-state index < -0.39 is 0 Å². The molecular formula is C30H27ClN2O2. The van der Waals surface area contributed by atoms with Crippen LogP contribution in [-0.2, 0) is 0 Å². The van der Waals surface area contributed by atoms with Crippen molar-refractivity contribution in [3.05, 3.63) is 94.5 Å². The first kappa shape index (κ1) is 23.1. The monoisotopic (exact) mass is 482 g/mol. The fraction of sp³-hybridized carbons (Fsp3) is 0.233. The standard InChI is InChI=1S/C30H27ClN2O2/c1-3-16-35-30-26(31)17-20(18-28(30)34-4-2)19-32-22-14-12-21(13-15-22)29-25-10-7-9-23(25)24-8-5-6-11-27(24)33-29/h1,5-9,11-15,17-19,23,25,29,33H,4,10,16H2,2H3/t23-,25-,29-/m0/s1. The Balaban J connectivity index is 1.35. The summed E-state index contributed by atoms with van der Waals surface area (Å²) in [6.45, 7) is 2.52. The van der Waals surface area contributed by atoms with Gasteiger partial charge in [0.05, 0.1) is 23.4 Å². The zero-order valence-corrected chi connectivity index (χ0v) is 20.3. The molecule has 0 aromatic heterocycles. The van der Waals surface area contributed by atoms with Crippen LogP contribution >= 0.6 is 11.6 Å². The van der Waals surface area contributed by atoms with Gasteiger partial charge in [0.1, 0.15) is 6.61 Å². The van der Waals surface area contributed by atoms with Crippen LogP contribution in [0.2, 0.25) is 5.02 Å². The van der Waals surface area contributed by atoms with Crippen molar-refractivity contribution in [2.24, 2.45) is 10.9 Å². The predicted molar refractivity (Wildman–Crippen MR) is 143 cm³/mol. The summed E-state index contributed by atoms with van der Waals surface area (Å²) in [6.07, 6.45) is 12.8. The highest BCUT2D eigenvalue weighted by atomic mass is 35.5. The van der Waals surface area contributed by atoms with Crippen molar-refractivity contribution in [1.82, 2.24) is 0 Å². The van der Waals surface area contributed by atoms with E-state index in [0.29, 0.717) is 35.0 Å². The predicted octanol–water partition coefficient (Wildman–Crippen LogP) is 7.33. The van der Waals surface area contributed by atoms with Crippen molar-refractivity contribution in [2.45, 2.75) is 25.3 Å². The number of allylic oxidation sites excluding steroid dienone is 2. The number of anilines is 1. The van der Waals surface area contributed by atoms with Gasteiger partial charge in [0.15, 0.2) is 11.5 Å². The number of terminal acetylenes is 1. The highest BCUT2D eigenvalue weighted by molar-refractivity contribution is 6.32. The minimum Gasteiger partial charge on any atom is -0.490 e. The molecule has 2 aliphatic rings. The Kier molecular flexibility index (Phi) is 6.79. The summed E-state index contributed by atoms with van der Waals surface area (Å²) in [7, 11) is 0. The molecule has 0 unspecified atom stereocenters. The Labute approximate surface area is 211 Å². The van der Waals surface area contributed by atoms with Gasteiger partial charge in [0.25, 0.3) is 0 Å². The molecule has 0 bridgehead atoms. The normalized spacial score (nSPS) is 20.1. The average Bonchev–Trinajstić information content (AvgIpc) is 3.38. The number of nitrogens with zero attached hydrogens (tertiary/aromatic N) is 1. The molecule has 0 fully saturated rings. The molecule has 3 aromatic rings. The number of rotatable bonds is 7. The van der Waals surface area contributed by atoms with Gasteiger partial charge in [-0.15, -0.1) is 6.42 Å². The molecule has 0 amide bonds. The second kappa shape index (κ2) is 10.3. The number of hydrogen-bond acceptors (Lipinski definition) is 4. The maximum Gasteiger partial charge on any atom is 0.181 e. The van der Waals surface area contributed by atoms with Crippen LogP contribution in [0, 0.1) is 18.3 Å². The van der Waals surface area contributed by atoms with Crippen LogP contribution in [0.25, 0.3) is 0 Å². The number of halogens is 1. The van der Waals surface area contributed by atoms with Crippen LogP contribution in [0.3, 0.4) is 0 Å². The number of para-hydroxylation sites is 1. The molecule has 35 heavy (non-hydrogen) atoms. The highest BCUT2D eigenvalue weighted by Gasteiger charge is 2.37. The van der Waals surface area contributed by atoms with Gasteiger partial charge in [-0.2, -0.15) is 0 Å². The fourth-order valence-corrected chi connectivity index (χ4v) is 5.24. The van der Waals surface area contributed by atoms with E-state index in [4.69, 9.17) is 27.5 Å². The zero-order valence-electron chi connectivity index (χ0n) is 19.6. The first-order chi connectivity index (χ1) is 17.2. The Bertz CT molecular complexity index is 1310. The summed E-state index contributed by atoms with van der Waals surface area (Å²) < 4.78 is 11.3. The van der Waals surface area contributed by atoms with Crippen LogP contribution < -0.4 is 14.8 Å². The quantitative estimate of drug-likeness (QED) is 0.218. The van der Waals surface area contributed by atoms with Crippen molar-refractivity contribution >= 4 is 29.2 Å². The van der Waals surface area contributed by atoms with E-state index in [-0.39, 0.29) is 12.6 Å². The number of aliphatic imine (C=N–C) groups is 1. The lowest BCUT2D eigenvalue weighted by molar-refractivity contribution is 0.299. The Morgan fingerprint density at radius 2 is 1.97 bits per heavy atom. The molecular weight excluding hydrogens is 456 g/mol. The molecule has 176 valence electrons. The van der Waals surface area contributed by atoms with Gasteiger partial charge in [0.2, 0.25) is 0 Å². The molecule has 1 aliphatic carbocycles. The molecule has 0 spiro atoms. The molecule has 3 aromatic carbocycles. The molecule has 0 saturated carbocycles. The van der Waals surface area contributed by atoms with Crippen molar-refractivity contribution in [3.63, 3.8) is 0 Å².